The second-order valence-corrected chi connectivity index (χ2v) is 5.50. The molecule has 0 saturated heterocycles. The molecule has 3 rings (SSSR count). The average molecular weight is 288 g/mol. The molecule has 0 amide bonds. The van der Waals surface area contributed by atoms with Crippen LogP contribution in [0.5, 0.6) is 0 Å². The average Bonchev–Trinajstić information content (AvgIpc) is 2.89. The molecule has 2 aromatic heterocycles. The Balaban J connectivity index is 1.87. The van der Waals surface area contributed by atoms with Gasteiger partial charge in [0.15, 0.2) is 0 Å². The molecule has 0 bridgehead atoms. The summed E-state index contributed by atoms with van der Waals surface area (Å²) < 4.78 is 1.95. The standard InChI is InChI=1S/C14H20N6O/c1-10-7-15-14(16-13(10)18(2)3)19-4-5-20-12(8-19)6-11(9-21)17-20/h6-7,21H,4-5,8-9H2,1-3H3. The van der Waals surface area contributed by atoms with Gasteiger partial charge >= 0.3 is 0 Å². The van der Waals surface area contributed by atoms with E-state index in [0.717, 1.165) is 36.1 Å². The monoisotopic (exact) mass is 288 g/mol. The predicted molar refractivity (Wildman–Crippen MR) is 80.3 cm³/mol. The van der Waals surface area contributed by atoms with Gasteiger partial charge in [-0.3, -0.25) is 4.68 Å². The Hall–Kier alpha value is -2.15. The maximum absolute atomic E-state index is 9.18. The van der Waals surface area contributed by atoms with Crippen LogP contribution in [0, 0.1) is 6.92 Å². The SMILES string of the molecule is Cc1cnc(N2CCn3nc(CO)cc3C2)nc1N(C)C. The number of rotatable bonds is 3. The van der Waals surface area contributed by atoms with Crippen molar-refractivity contribution >= 4 is 11.8 Å². The van der Waals surface area contributed by atoms with E-state index in [0.29, 0.717) is 12.2 Å². The zero-order valence-corrected chi connectivity index (χ0v) is 12.6. The molecule has 0 fully saturated rings. The Bertz CT molecular complexity index is 651. The van der Waals surface area contributed by atoms with Crippen LogP contribution in [-0.4, -0.2) is 45.5 Å². The summed E-state index contributed by atoms with van der Waals surface area (Å²) in [5.74, 6) is 1.68. The normalized spacial score (nSPS) is 14.2. The van der Waals surface area contributed by atoms with Crippen LogP contribution < -0.4 is 9.80 Å². The third-order valence-electron chi connectivity index (χ3n) is 3.65. The molecule has 1 aliphatic rings. The molecule has 0 aromatic carbocycles. The van der Waals surface area contributed by atoms with Crippen molar-refractivity contribution in [1.29, 1.82) is 0 Å². The highest BCUT2D eigenvalue weighted by Gasteiger charge is 2.21. The Morgan fingerprint density at radius 2 is 2.14 bits per heavy atom. The summed E-state index contributed by atoms with van der Waals surface area (Å²) in [5, 5.41) is 13.5. The van der Waals surface area contributed by atoms with E-state index in [2.05, 4.69) is 20.0 Å². The summed E-state index contributed by atoms with van der Waals surface area (Å²) in [7, 11) is 3.97. The molecule has 0 saturated carbocycles. The first-order chi connectivity index (χ1) is 10.1. The summed E-state index contributed by atoms with van der Waals surface area (Å²) in [5.41, 5.74) is 2.86. The Morgan fingerprint density at radius 3 is 2.86 bits per heavy atom. The number of fused-ring (bicyclic) bond motifs is 1. The van der Waals surface area contributed by atoms with Gasteiger partial charge in [0, 0.05) is 32.4 Å². The van der Waals surface area contributed by atoms with Crippen molar-refractivity contribution in [3.8, 4) is 0 Å². The fraction of sp³-hybridized carbons (Fsp3) is 0.500. The molecule has 0 spiro atoms. The van der Waals surface area contributed by atoms with Gasteiger partial charge in [-0.15, -0.1) is 0 Å². The Kier molecular flexibility index (Phi) is 3.50. The van der Waals surface area contributed by atoms with Crippen LogP contribution in [0.2, 0.25) is 0 Å². The van der Waals surface area contributed by atoms with Gasteiger partial charge in [0.05, 0.1) is 31.1 Å². The largest absolute Gasteiger partial charge is 0.390 e. The van der Waals surface area contributed by atoms with E-state index in [1.54, 1.807) is 0 Å². The molecule has 112 valence electrons. The lowest BCUT2D eigenvalue weighted by molar-refractivity contribution is 0.275. The number of hydrogen-bond donors (Lipinski definition) is 1. The maximum atomic E-state index is 9.18. The lowest BCUT2D eigenvalue weighted by atomic mass is 10.3. The van der Waals surface area contributed by atoms with Crippen molar-refractivity contribution in [3.05, 3.63) is 29.2 Å². The summed E-state index contributed by atoms with van der Waals surface area (Å²) in [6.45, 7) is 4.30. The summed E-state index contributed by atoms with van der Waals surface area (Å²) >= 11 is 0. The quantitative estimate of drug-likeness (QED) is 0.890. The van der Waals surface area contributed by atoms with Crippen molar-refractivity contribution in [3.63, 3.8) is 0 Å². The van der Waals surface area contributed by atoms with Gasteiger partial charge < -0.3 is 14.9 Å². The third-order valence-corrected chi connectivity index (χ3v) is 3.65. The van der Waals surface area contributed by atoms with Crippen LogP contribution >= 0.6 is 0 Å². The van der Waals surface area contributed by atoms with Crippen LogP contribution in [0.25, 0.3) is 0 Å². The molecule has 0 unspecified atom stereocenters. The summed E-state index contributed by atoms with van der Waals surface area (Å²) in [6, 6.07) is 1.94. The highest BCUT2D eigenvalue weighted by Crippen LogP contribution is 2.22. The minimum Gasteiger partial charge on any atom is -0.390 e. The van der Waals surface area contributed by atoms with E-state index in [4.69, 9.17) is 0 Å². The molecule has 7 nitrogen and oxygen atoms in total. The first-order valence-corrected chi connectivity index (χ1v) is 7.01. The van der Waals surface area contributed by atoms with Gasteiger partial charge in [-0.1, -0.05) is 0 Å². The van der Waals surface area contributed by atoms with E-state index in [1.165, 1.54) is 0 Å². The maximum Gasteiger partial charge on any atom is 0.227 e. The predicted octanol–water partition coefficient (Wildman–Crippen LogP) is 0.560. The second-order valence-electron chi connectivity index (χ2n) is 5.50. The van der Waals surface area contributed by atoms with Crippen molar-refractivity contribution < 1.29 is 5.11 Å². The Morgan fingerprint density at radius 1 is 1.33 bits per heavy atom. The van der Waals surface area contributed by atoms with Crippen LogP contribution in [0.4, 0.5) is 11.8 Å². The van der Waals surface area contributed by atoms with E-state index < -0.39 is 0 Å². The molecule has 0 radical (unpaired) electrons. The zero-order valence-electron chi connectivity index (χ0n) is 12.6. The fourth-order valence-electron chi connectivity index (χ4n) is 2.60. The topological polar surface area (TPSA) is 70.3 Å². The smallest absolute Gasteiger partial charge is 0.227 e. The number of aliphatic hydroxyl groups excluding tert-OH is 1. The van der Waals surface area contributed by atoms with E-state index in [9.17, 15) is 5.11 Å². The molecule has 2 aromatic rings. The van der Waals surface area contributed by atoms with Crippen molar-refractivity contribution in [2.45, 2.75) is 26.6 Å². The number of aromatic nitrogens is 4. The van der Waals surface area contributed by atoms with Crippen LogP contribution in [-0.2, 0) is 19.7 Å². The van der Waals surface area contributed by atoms with Gasteiger partial charge in [-0.2, -0.15) is 10.1 Å². The molecule has 7 heteroatoms. The fourth-order valence-corrected chi connectivity index (χ4v) is 2.60. The molecule has 3 heterocycles. The van der Waals surface area contributed by atoms with E-state index in [-0.39, 0.29) is 6.61 Å². The molecule has 0 aliphatic carbocycles. The van der Waals surface area contributed by atoms with Gasteiger partial charge in [-0.05, 0) is 13.0 Å². The van der Waals surface area contributed by atoms with Crippen molar-refractivity contribution in [2.75, 3.05) is 30.4 Å². The molecule has 1 aliphatic heterocycles. The van der Waals surface area contributed by atoms with Gasteiger partial charge in [-0.25, -0.2) is 4.98 Å². The lowest BCUT2D eigenvalue weighted by Crippen LogP contribution is -2.35. The van der Waals surface area contributed by atoms with Crippen LogP contribution in [0.15, 0.2) is 12.3 Å². The first-order valence-electron chi connectivity index (χ1n) is 7.01. The van der Waals surface area contributed by atoms with Gasteiger partial charge in [0.1, 0.15) is 5.82 Å². The third kappa shape index (κ3) is 2.56. The number of hydrogen-bond acceptors (Lipinski definition) is 6. The summed E-state index contributed by atoms with van der Waals surface area (Å²) in [6.07, 6.45) is 1.86. The highest BCUT2D eigenvalue weighted by molar-refractivity contribution is 5.48. The lowest BCUT2D eigenvalue weighted by Gasteiger charge is -2.28. The van der Waals surface area contributed by atoms with Crippen molar-refractivity contribution in [2.24, 2.45) is 0 Å². The Labute approximate surface area is 123 Å². The van der Waals surface area contributed by atoms with Gasteiger partial charge in [0.2, 0.25) is 5.95 Å². The van der Waals surface area contributed by atoms with E-state index >= 15 is 0 Å². The number of aliphatic hydroxyl groups is 1. The van der Waals surface area contributed by atoms with Crippen molar-refractivity contribution in [1.82, 2.24) is 19.7 Å². The molecular formula is C14H20N6O. The molecule has 1 N–H and O–H groups in total. The second kappa shape index (κ2) is 5.33. The molecule has 0 atom stereocenters. The minimum absolute atomic E-state index is 0.0220. The van der Waals surface area contributed by atoms with Gasteiger partial charge in [0.25, 0.3) is 0 Å². The summed E-state index contributed by atoms with van der Waals surface area (Å²) in [4.78, 5) is 13.3. The number of aryl methyl sites for hydroxylation is 1. The molecule has 21 heavy (non-hydrogen) atoms. The van der Waals surface area contributed by atoms with Crippen LogP contribution in [0.1, 0.15) is 17.0 Å². The number of anilines is 2. The zero-order chi connectivity index (χ0) is 15.0. The van der Waals surface area contributed by atoms with Crippen LogP contribution in [0.3, 0.4) is 0 Å². The van der Waals surface area contributed by atoms with E-state index in [1.807, 2.05) is 42.9 Å². The minimum atomic E-state index is -0.0220. The highest BCUT2D eigenvalue weighted by atomic mass is 16.3. The molecular weight excluding hydrogens is 268 g/mol. The first kappa shape index (κ1) is 13.8. The number of nitrogens with zero attached hydrogens (tertiary/aromatic N) is 6.